The normalized spacial score (nSPS) is 10.8. The third-order valence-corrected chi connectivity index (χ3v) is 5.79. The molecule has 0 unspecified atom stereocenters. The number of rotatable bonds is 4. The van der Waals surface area contributed by atoms with Crippen LogP contribution in [0.25, 0.3) is 22.3 Å². The first-order chi connectivity index (χ1) is 14.5. The van der Waals surface area contributed by atoms with Gasteiger partial charge in [-0.15, -0.1) is 0 Å². The lowest BCUT2D eigenvalue weighted by atomic mass is 9.91. The highest BCUT2D eigenvalue weighted by Gasteiger charge is 2.14. The number of benzene rings is 4. The van der Waals surface area contributed by atoms with Crippen LogP contribution in [0.1, 0.15) is 38.2 Å². The molecule has 0 aromatic heterocycles. The second-order valence-electron chi connectivity index (χ2n) is 8.02. The highest BCUT2D eigenvalue weighted by molar-refractivity contribution is 6.10. The molecule has 4 aromatic carbocycles. The van der Waals surface area contributed by atoms with Gasteiger partial charge in [-0.25, -0.2) is 0 Å². The van der Waals surface area contributed by atoms with Gasteiger partial charge in [-0.3, -0.25) is 4.79 Å². The molecule has 0 saturated heterocycles. The van der Waals surface area contributed by atoms with Gasteiger partial charge in [-0.2, -0.15) is 0 Å². The molecule has 148 valence electrons. The summed E-state index contributed by atoms with van der Waals surface area (Å²) in [5.74, 6) is 0.0520. The molecule has 1 nitrogen and oxygen atoms in total. The van der Waals surface area contributed by atoms with Crippen molar-refractivity contribution in [2.45, 2.75) is 27.7 Å². The van der Waals surface area contributed by atoms with Gasteiger partial charge in [-0.1, -0.05) is 72.8 Å². The molecule has 0 saturated carbocycles. The van der Waals surface area contributed by atoms with Crippen molar-refractivity contribution < 1.29 is 4.79 Å². The summed E-state index contributed by atoms with van der Waals surface area (Å²) in [4.78, 5) is 13.4. The summed E-state index contributed by atoms with van der Waals surface area (Å²) in [6.45, 7) is 8.46. The first kappa shape index (κ1) is 19.8. The number of ketones is 1. The maximum atomic E-state index is 13.4. The molecule has 0 atom stereocenters. The van der Waals surface area contributed by atoms with Gasteiger partial charge >= 0.3 is 0 Å². The quantitative estimate of drug-likeness (QED) is 0.330. The van der Waals surface area contributed by atoms with Crippen LogP contribution in [-0.4, -0.2) is 5.78 Å². The first-order valence-electron chi connectivity index (χ1n) is 10.3. The molecule has 0 spiro atoms. The van der Waals surface area contributed by atoms with Crippen LogP contribution in [0.2, 0.25) is 0 Å². The molecule has 30 heavy (non-hydrogen) atoms. The maximum absolute atomic E-state index is 13.4. The van der Waals surface area contributed by atoms with Crippen molar-refractivity contribution in [2.24, 2.45) is 0 Å². The second kappa shape index (κ2) is 8.12. The molecule has 0 aliphatic carbocycles. The van der Waals surface area contributed by atoms with E-state index in [1.165, 1.54) is 33.4 Å². The van der Waals surface area contributed by atoms with E-state index in [4.69, 9.17) is 0 Å². The van der Waals surface area contributed by atoms with Crippen molar-refractivity contribution in [3.63, 3.8) is 0 Å². The van der Waals surface area contributed by atoms with Gasteiger partial charge in [0.15, 0.2) is 5.78 Å². The van der Waals surface area contributed by atoms with Gasteiger partial charge in [0.1, 0.15) is 0 Å². The molecule has 0 aliphatic rings. The maximum Gasteiger partial charge on any atom is 0.193 e. The summed E-state index contributed by atoms with van der Waals surface area (Å²) in [5, 5.41) is 0. The minimum atomic E-state index is 0.0520. The zero-order chi connectivity index (χ0) is 21.3. The molecule has 0 aliphatic heterocycles. The van der Waals surface area contributed by atoms with E-state index in [2.05, 4.69) is 76.2 Å². The fraction of sp³-hybridized carbons (Fsp3) is 0.138. The molecular formula is C29H26O. The Labute approximate surface area is 179 Å². The molecule has 0 amide bonds. The number of hydrogen-bond donors (Lipinski definition) is 0. The lowest BCUT2D eigenvalue weighted by Crippen LogP contribution is -2.02. The van der Waals surface area contributed by atoms with Crippen molar-refractivity contribution >= 4 is 5.78 Å². The lowest BCUT2D eigenvalue weighted by Gasteiger charge is -2.13. The SMILES string of the molecule is Cc1cccc(C)c1-c1cccc(C(=O)c2cccc(-c3c(C)cccc3C)c2)c1. The summed E-state index contributed by atoms with van der Waals surface area (Å²) in [6, 6.07) is 28.6. The Bertz CT molecular complexity index is 1110. The molecule has 1 heteroatoms. The third-order valence-electron chi connectivity index (χ3n) is 5.79. The van der Waals surface area contributed by atoms with E-state index in [9.17, 15) is 4.79 Å². The van der Waals surface area contributed by atoms with Crippen molar-refractivity contribution in [2.75, 3.05) is 0 Å². The van der Waals surface area contributed by atoms with E-state index in [1.807, 2.05) is 36.4 Å². The van der Waals surface area contributed by atoms with E-state index < -0.39 is 0 Å². The van der Waals surface area contributed by atoms with E-state index in [-0.39, 0.29) is 5.78 Å². The van der Waals surface area contributed by atoms with Gasteiger partial charge in [0.25, 0.3) is 0 Å². The average Bonchev–Trinajstić information content (AvgIpc) is 2.73. The summed E-state index contributed by atoms with van der Waals surface area (Å²) in [6.07, 6.45) is 0. The van der Waals surface area contributed by atoms with Gasteiger partial charge in [0, 0.05) is 11.1 Å². The summed E-state index contributed by atoms with van der Waals surface area (Å²) >= 11 is 0. The summed E-state index contributed by atoms with van der Waals surface area (Å²) in [5.41, 5.74) is 10.9. The summed E-state index contributed by atoms with van der Waals surface area (Å²) in [7, 11) is 0. The molecule has 0 bridgehead atoms. The van der Waals surface area contributed by atoms with Gasteiger partial charge in [0.2, 0.25) is 0 Å². The fourth-order valence-electron chi connectivity index (χ4n) is 4.34. The third kappa shape index (κ3) is 3.71. The van der Waals surface area contributed by atoms with Gasteiger partial charge in [0.05, 0.1) is 0 Å². The lowest BCUT2D eigenvalue weighted by molar-refractivity contribution is 0.103. The number of hydrogen-bond acceptors (Lipinski definition) is 1. The molecule has 4 rings (SSSR count). The zero-order valence-corrected chi connectivity index (χ0v) is 18.0. The van der Waals surface area contributed by atoms with Crippen LogP contribution >= 0.6 is 0 Å². The Balaban J connectivity index is 1.75. The second-order valence-corrected chi connectivity index (χ2v) is 8.02. The van der Waals surface area contributed by atoms with Crippen molar-refractivity contribution in [3.05, 3.63) is 118 Å². The Morgan fingerprint density at radius 1 is 0.500 bits per heavy atom. The monoisotopic (exact) mass is 390 g/mol. The van der Waals surface area contributed by atoms with Crippen LogP contribution in [-0.2, 0) is 0 Å². The molecule has 0 heterocycles. The first-order valence-corrected chi connectivity index (χ1v) is 10.3. The minimum absolute atomic E-state index is 0.0520. The smallest absolute Gasteiger partial charge is 0.193 e. The number of carbonyl (C=O) groups is 1. The van der Waals surface area contributed by atoms with Gasteiger partial charge in [-0.05, 0) is 84.3 Å². The Hall–Kier alpha value is -3.45. The Morgan fingerprint density at radius 3 is 1.20 bits per heavy atom. The highest BCUT2D eigenvalue weighted by Crippen LogP contribution is 2.30. The fourth-order valence-corrected chi connectivity index (χ4v) is 4.34. The van der Waals surface area contributed by atoms with Crippen molar-refractivity contribution in [3.8, 4) is 22.3 Å². The van der Waals surface area contributed by atoms with Crippen molar-refractivity contribution in [1.29, 1.82) is 0 Å². The standard InChI is InChI=1S/C29H26O/c1-19-9-5-10-20(2)27(19)23-13-7-15-25(17-23)29(30)26-16-8-14-24(18-26)28-21(3)11-6-12-22(28)4/h5-18H,1-4H3. The summed E-state index contributed by atoms with van der Waals surface area (Å²) < 4.78 is 0. The van der Waals surface area contributed by atoms with Crippen LogP contribution in [0.5, 0.6) is 0 Å². The van der Waals surface area contributed by atoms with Crippen LogP contribution in [0.15, 0.2) is 84.9 Å². The molecule has 0 fully saturated rings. The molecule has 4 aromatic rings. The van der Waals surface area contributed by atoms with E-state index in [0.29, 0.717) is 11.1 Å². The van der Waals surface area contributed by atoms with Crippen LogP contribution in [0, 0.1) is 27.7 Å². The molecule has 0 radical (unpaired) electrons. The average molecular weight is 391 g/mol. The predicted molar refractivity (Wildman–Crippen MR) is 126 cm³/mol. The Morgan fingerprint density at radius 2 is 0.833 bits per heavy atom. The van der Waals surface area contributed by atoms with Crippen LogP contribution < -0.4 is 0 Å². The predicted octanol–water partition coefficient (Wildman–Crippen LogP) is 7.49. The van der Waals surface area contributed by atoms with Crippen LogP contribution in [0.4, 0.5) is 0 Å². The van der Waals surface area contributed by atoms with E-state index >= 15 is 0 Å². The van der Waals surface area contributed by atoms with Gasteiger partial charge < -0.3 is 0 Å². The topological polar surface area (TPSA) is 17.1 Å². The van der Waals surface area contributed by atoms with Crippen LogP contribution in [0.3, 0.4) is 0 Å². The van der Waals surface area contributed by atoms with E-state index in [1.54, 1.807) is 0 Å². The minimum Gasteiger partial charge on any atom is -0.289 e. The van der Waals surface area contributed by atoms with E-state index in [0.717, 1.165) is 11.1 Å². The van der Waals surface area contributed by atoms with Crippen molar-refractivity contribution in [1.82, 2.24) is 0 Å². The zero-order valence-electron chi connectivity index (χ0n) is 18.0. The Kier molecular flexibility index (Phi) is 5.37. The molecular weight excluding hydrogens is 364 g/mol. The number of carbonyl (C=O) groups excluding carboxylic acids is 1. The highest BCUT2D eigenvalue weighted by atomic mass is 16.1. The number of aryl methyl sites for hydroxylation is 4. The largest absolute Gasteiger partial charge is 0.289 e. The molecule has 0 N–H and O–H groups in total.